The molecule has 1 aliphatic carbocycles. The van der Waals surface area contributed by atoms with Crippen LogP contribution in [0.25, 0.3) is 0 Å². The number of carboxylic acid groups (broad SMARTS) is 1. The van der Waals surface area contributed by atoms with Gasteiger partial charge < -0.3 is 5.11 Å². The van der Waals surface area contributed by atoms with Crippen molar-refractivity contribution in [3.05, 3.63) is 18.0 Å². The van der Waals surface area contributed by atoms with Gasteiger partial charge in [-0.3, -0.25) is 14.4 Å². The van der Waals surface area contributed by atoms with Crippen molar-refractivity contribution in [1.82, 2.24) is 14.7 Å². The van der Waals surface area contributed by atoms with Gasteiger partial charge in [0.25, 0.3) is 0 Å². The summed E-state index contributed by atoms with van der Waals surface area (Å²) in [6.45, 7) is 5.96. The highest BCUT2D eigenvalue weighted by Gasteiger charge is 2.18. The molecule has 1 atom stereocenters. The van der Waals surface area contributed by atoms with Crippen LogP contribution in [0.4, 0.5) is 0 Å². The minimum atomic E-state index is -0.735. The Bertz CT molecular complexity index is 452. The second kappa shape index (κ2) is 7.59. The maximum atomic E-state index is 11.0. The van der Waals surface area contributed by atoms with Crippen molar-refractivity contribution in [2.75, 3.05) is 13.1 Å². The molecule has 1 unspecified atom stereocenters. The maximum Gasteiger partial charge on any atom is 0.307 e. The van der Waals surface area contributed by atoms with Gasteiger partial charge in [-0.25, -0.2) is 0 Å². The van der Waals surface area contributed by atoms with E-state index in [9.17, 15) is 4.79 Å². The number of aromatic nitrogens is 2. The van der Waals surface area contributed by atoms with E-state index in [1.54, 1.807) is 6.92 Å². The average Bonchev–Trinajstić information content (AvgIpc) is 2.95. The fraction of sp³-hybridized carbons (Fsp3) is 0.750. The summed E-state index contributed by atoms with van der Waals surface area (Å²) in [5.41, 5.74) is 1.04. The molecule has 2 rings (SSSR count). The van der Waals surface area contributed by atoms with Gasteiger partial charge in [0.2, 0.25) is 0 Å². The molecule has 21 heavy (non-hydrogen) atoms. The van der Waals surface area contributed by atoms with Crippen LogP contribution in [0, 0.1) is 5.92 Å². The Morgan fingerprint density at radius 3 is 2.81 bits per heavy atom. The van der Waals surface area contributed by atoms with Crippen LogP contribution >= 0.6 is 0 Å². The number of aliphatic carboxylic acids is 1. The summed E-state index contributed by atoms with van der Waals surface area (Å²) >= 11 is 0. The monoisotopic (exact) mass is 293 g/mol. The molecular weight excluding hydrogens is 266 g/mol. The van der Waals surface area contributed by atoms with E-state index in [0.29, 0.717) is 12.6 Å². The number of hydrogen-bond donors (Lipinski definition) is 1. The zero-order chi connectivity index (χ0) is 15.2. The van der Waals surface area contributed by atoms with Crippen LogP contribution in [0.2, 0.25) is 0 Å². The van der Waals surface area contributed by atoms with Crippen molar-refractivity contribution in [3.63, 3.8) is 0 Å². The minimum absolute atomic E-state index is 0.342. The minimum Gasteiger partial charge on any atom is -0.481 e. The first kappa shape index (κ1) is 16.0. The number of hydrogen-bond acceptors (Lipinski definition) is 3. The Kier molecular flexibility index (Phi) is 5.79. The molecule has 1 N–H and O–H groups in total. The zero-order valence-electron chi connectivity index (χ0n) is 13.2. The molecule has 1 heterocycles. The van der Waals surface area contributed by atoms with Crippen LogP contribution < -0.4 is 0 Å². The Morgan fingerprint density at radius 1 is 1.48 bits per heavy atom. The van der Waals surface area contributed by atoms with Crippen LogP contribution in [0.3, 0.4) is 0 Å². The Morgan fingerprint density at radius 2 is 2.19 bits per heavy atom. The first-order valence-electron chi connectivity index (χ1n) is 8.09. The largest absolute Gasteiger partial charge is 0.481 e. The Labute approximate surface area is 126 Å². The van der Waals surface area contributed by atoms with Gasteiger partial charge >= 0.3 is 5.97 Å². The first-order valence-corrected chi connectivity index (χ1v) is 8.09. The molecule has 0 amide bonds. The fourth-order valence-corrected chi connectivity index (χ4v) is 3.01. The smallest absolute Gasteiger partial charge is 0.307 e. The SMILES string of the molecule is CCN(Cc1ccn(C2CCCCC2)n1)CC(C)C(=O)O. The van der Waals surface area contributed by atoms with Gasteiger partial charge in [-0.05, 0) is 25.5 Å². The van der Waals surface area contributed by atoms with E-state index >= 15 is 0 Å². The molecule has 0 radical (unpaired) electrons. The molecule has 0 aliphatic heterocycles. The van der Waals surface area contributed by atoms with Crippen molar-refractivity contribution in [1.29, 1.82) is 0 Å². The predicted octanol–water partition coefficient (Wildman–Crippen LogP) is 2.93. The van der Waals surface area contributed by atoms with Gasteiger partial charge in [-0.1, -0.05) is 33.1 Å². The van der Waals surface area contributed by atoms with Gasteiger partial charge in [0.15, 0.2) is 0 Å². The highest BCUT2D eigenvalue weighted by molar-refractivity contribution is 5.69. The first-order chi connectivity index (χ1) is 10.1. The fourth-order valence-electron chi connectivity index (χ4n) is 3.01. The lowest BCUT2D eigenvalue weighted by atomic mass is 9.96. The molecule has 1 fully saturated rings. The van der Waals surface area contributed by atoms with Crippen LogP contribution in [-0.2, 0) is 11.3 Å². The third-order valence-electron chi connectivity index (χ3n) is 4.40. The summed E-state index contributed by atoms with van der Waals surface area (Å²) in [4.78, 5) is 13.1. The highest BCUT2D eigenvalue weighted by Crippen LogP contribution is 2.27. The summed E-state index contributed by atoms with van der Waals surface area (Å²) in [5, 5.41) is 13.7. The van der Waals surface area contributed by atoms with Crippen molar-refractivity contribution >= 4 is 5.97 Å². The number of carboxylic acids is 1. The van der Waals surface area contributed by atoms with Crippen LogP contribution in [0.1, 0.15) is 57.7 Å². The van der Waals surface area contributed by atoms with Gasteiger partial charge in [-0.2, -0.15) is 5.10 Å². The van der Waals surface area contributed by atoms with Gasteiger partial charge in [0, 0.05) is 19.3 Å². The molecule has 0 saturated heterocycles. The Balaban J connectivity index is 1.92. The van der Waals surface area contributed by atoms with Crippen molar-refractivity contribution in [3.8, 4) is 0 Å². The normalized spacial score (nSPS) is 18.0. The number of rotatable bonds is 7. The summed E-state index contributed by atoms with van der Waals surface area (Å²) < 4.78 is 2.11. The molecule has 0 bridgehead atoms. The molecular formula is C16H27N3O2. The van der Waals surface area contributed by atoms with E-state index in [4.69, 9.17) is 10.2 Å². The average molecular weight is 293 g/mol. The van der Waals surface area contributed by atoms with Crippen LogP contribution in [0.15, 0.2) is 12.3 Å². The van der Waals surface area contributed by atoms with E-state index < -0.39 is 5.97 Å². The van der Waals surface area contributed by atoms with E-state index in [1.807, 2.05) is 0 Å². The van der Waals surface area contributed by atoms with Crippen LogP contribution in [-0.4, -0.2) is 38.8 Å². The molecule has 1 saturated carbocycles. The molecule has 5 nitrogen and oxygen atoms in total. The molecule has 1 aliphatic rings. The third-order valence-corrected chi connectivity index (χ3v) is 4.40. The number of nitrogens with zero attached hydrogens (tertiary/aromatic N) is 3. The lowest BCUT2D eigenvalue weighted by molar-refractivity contribution is -0.141. The maximum absolute atomic E-state index is 11.0. The van der Waals surface area contributed by atoms with Crippen LogP contribution in [0.5, 0.6) is 0 Å². The highest BCUT2D eigenvalue weighted by atomic mass is 16.4. The van der Waals surface area contributed by atoms with E-state index in [-0.39, 0.29) is 5.92 Å². The Hall–Kier alpha value is -1.36. The summed E-state index contributed by atoms with van der Waals surface area (Å²) in [6, 6.07) is 2.63. The second-order valence-electron chi connectivity index (χ2n) is 6.15. The standard InChI is InChI=1S/C16H27N3O2/c1-3-18(11-13(2)16(20)21)12-14-9-10-19(17-14)15-7-5-4-6-8-15/h9-10,13,15H,3-8,11-12H2,1-2H3,(H,20,21). The third kappa shape index (κ3) is 4.56. The summed E-state index contributed by atoms with van der Waals surface area (Å²) in [7, 11) is 0. The molecule has 0 spiro atoms. The quantitative estimate of drug-likeness (QED) is 0.839. The van der Waals surface area contributed by atoms with Crippen molar-refractivity contribution in [2.24, 2.45) is 5.92 Å². The lowest BCUT2D eigenvalue weighted by Crippen LogP contribution is -2.31. The molecule has 0 aromatic carbocycles. The summed E-state index contributed by atoms with van der Waals surface area (Å²) in [5.74, 6) is -1.08. The van der Waals surface area contributed by atoms with E-state index in [0.717, 1.165) is 18.8 Å². The molecule has 118 valence electrons. The predicted molar refractivity (Wildman–Crippen MR) is 82.1 cm³/mol. The molecule has 5 heteroatoms. The second-order valence-corrected chi connectivity index (χ2v) is 6.15. The van der Waals surface area contributed by atoms with Gasteiger partial charge in [-0.15, -0.1) is 0 Å². The van der Waals surface area contributed by atoms with Gasteiger partial charge in [0.1, 0.15) is 0 Å². The van der Waals surface area contributed by atoms with E-state index in [1.165, 1.54) is 32.1 Å². The molecule has 1 aromatic heterocycles. The summed E-state index contributed by atoms with van der Waals surface area (Å²) in [6.07, 6.45) is 8.50. The van der Waals surface area contributed by atoms with E-state index in [2.05, 4.69) is 28.8 Å². The zero-order valence-corrected chi connectivity index (χ0v) is 13.2. The van der Waals surface area contributed by atoms with Crippen molar-refractivity contribution in [2.45, 2.75) is 58.5 Å². The van der Waals surface area contributed by atoms with Crippen molar-refractivity contribution < 1.29 is 9.90 Å². The topological polar surface area (TPSA) is 58.4 Å². The number of carbonyl (C=O) groups is 1. The molecule has 1 aromatic rings. The van der Waals surface area contributed by atoms with Gasteiger partial charge in [0.05, 0.1) is 17.7 Å². The lowest BCUT2D eigenvalue weighted by Gasteiger charge is -2.23.